The highest BCUT2D eigenvalue weighted by molar-refractivity contribution is 5.86. The molecule has 3 rings (SSSR count). The number of morpholine rings is 1. The molecule has 1 fully saturated rings. The van der Waals surface area contributed by atoms with Gasteiger partial charge in [-0.15, -0.1) is 0 Å². The molecule has 1 aromatic carbocycles. The second-order valence-corrected chi connectivity index (χ2v) is 8.89. The number of ether oxygens (including phenoxy) is 2. The minimum atomic E-state index is -0.759. The minimum Gasteiger partial charge on any atom is -0.444 e. The maximum absolute atomic E-state index is 12.9. The van der Waals surface area contributed by atoms with Crippen molar-refractivity contribution in [1.82, 2.24) is 20.0 Å². The fraction of sp³-hybridized carbons (Fsp3) is 0.571. The van der Waals surface area contributed by atoms with E-state index in [-0.39, 0.29) is 19.1 Å². The van der Waals surface area contributed by atoms with Crippen LogP contribution in [-0.4, -0.2) is 58.1 Å². The van der Waals surface area contributed by atoms with E-state index < -0.39 is 23.3 Å². The van der Waals surface area contributed by atoms with Crippen LogP contribution in [0.15, 0.2) is 24.3 Å². The molecular formula is C21H30N4O4. The quantitative estimate of drug-likeness (QED) is 0.853. The number of carbonyl (C=O) groups excluding carboxylic acids is 2. The van der Waals surface area contributed by atoms with Crippen LogP contribution in [0.4, 0.5) is 4.79 Å². The van der Waals surface area contributed by atoms with Crippen LogP contribution >= 0.6 is 0 Å². The lowest BCUT2D eigenvalue weighted by molar-refractivity contribution is -0.139. The molecule has 0 spiro atoms. The van der Waals surface area contributed by atoms with Crippen LogP contribution in [0, 0.1) is 0 Å². The monoisotopic (exact) mass is 402 g/mol. The Bertz CT molecular complexity index is 913. The number of aryl methyl sites for hydroxylation is 1. The summed E-state index contributed by atoms with van der Waals surface area (Å²) in [4.78, 5) is 26.8. The van der Waals surface area contributed by atoms with Crippen LogP contribution in [0.25, 0.3) is 10.9 Å². The fourth-order valence-electron chi connectivity index (χ4n) is 3.42. The van der Waals surface area contributed by atoms with Crippen molar-refractivity contribution in [2.45, 2.75) is 51.9 Å². The van der Waals surface area contributed by atoms with Gasteiger partial charge in [0.25, 0.3) is 5.91 Å². The summed E-state index contributed by atoms with van der Waals surface area (Å²) in [5, 5.41) is 8.64. The summed E-state index contributed by atoms with van der Waals surface area (Å²) in [5.41, 5.74) is 0.476. The molecule has 1 aliphatic heterocycles. The van der Waals surface area contributed by atoms with E-state index in [0.29, 0.717) is 6.54 Å². The molecule has 1 atom stereocenters. The maximum Gasteiger partial charge on any atom is 0.410 e. The SMILES string of the molecule is Cn1nc(C(C)(C)NC(=O)[C@@H]2CN(C(=O)OC(C)(C)C)CCO2)c2ccccc21. The zero-order valence-corrected chi connectivity index (χ0v) is 18.0. The number of carbonyl (C=O) groups is 2. The van der Waals surface area contributed by atoms with E-state index in [1.54, 1.807) is 4.68 Å². The first-order valence-electron chi connectivity index (χ1n) is 9.82. The molecule has 1 aromatic heterocycles. The van der Waals surface area contributed by atoms with E-state index >= 15 is 0 Å². The van der Waals surface area contributed by atoms with Crippen LogP contribution in [0.1, 0.15) is 40.3 Å². The molecule has 158 valence electrons. The predicted octanol–water partition coefficient (Wildman–Crippen LogP) is 2.56. The molecule has 0 saturated carbocycles. The van der Waals surface area contributed by atoms with Crippen molar-refractivity contribution < 1.29 is 19.1 Å². The van der Waals surface area contributed by atoms with E-state index in [4.69, 9.17) is 9.47 Å². The molecule has 29 heavy (non-hydrogen) atoms. The number of amides is 2. The van der Waals surface area contributed by atoms with Gasteiger partial charge in [-0.2, -0.15) is 5.10 Å². The summed E-state index contributed by atoms with van der Waals surface area (Å²) in [6, 6.07) is 7.90. The molecule has 0 radical (unpaired) electrons. The lowest BCUT2D eigenvalue weighted by Gasteiger charge is -2.35. The average molecular weight is 402 g/mol. The highest BCUT2D eigenvalue weighted by atomic mass is 16.6. The number of nitrogens with one attached hydrogen (secondary N) is 1. The summed E-state index contributed by atoms with van der Waals surface area (Å²) >= 11 is 0. The van der Waals surface area contributed by atoms with Gasteiger partial charge in [-0.25, -0.2) is 4.79 Å². The van der Waals surface area contributed by atoms with Gasteiger partial charge < -0.3 is 19.7 Å². The van der Waals surface area contributed by atoms with E-state index in [9.17, 15) is 9.59 Å². The lowest BCUT2D eigenvalue weighted by Crippen LogP contribution is -2.55. The number of hydrogen-bond donors (Lipinski definition) is 1. The summed E-state index contributed by atoms with van der Waals surface area (Å²) < 4.78 is 12.9. The number of hydrogen-bond acceptors (Lipinski definition) is 5. The topological polar surface area (TPSA) is 85.7 Å². The second kappa shape index (κ2) is 7.67. The summed E-state index contributed by atoms with van der Waals surface area (Å²) in [5.74, 6) is -0.280. The Morgan fingerprint density at radius 1 is 1.21 bits per heavy atom. The van der Waals surface area contributed by atoms with Gasteiger partial charge in [-0.3, -0.25) is 9.48 Å². The van der Waals surface area contributed by atoms with Gasteiger partial charge in [0, 0.05) is 19.0 Å². The van der Waals surface area contributed by atoms with Gasteiger partial charge in [0.1, 0.15) is 5.60 Å². The number of fused-ring (bicyclic) bond motifs is 1. The summed E-state index contributed by atoms with van der Waals surface area (Å²) in [6.07, 6.45) is -1.20. The first kappa shape index (κ1) is 21.1. The zero-order valence-electron chi connectivity index (χ0n) is 18.0. The van der Waals surface area contributed by atoms with Gasteiger partial charge in [0.05, 0.1) is 29.9 Å². The molecule has 1 aliphatic rings. The Hall–Kier alpha value is -2.61. The highest BCUT2D eigenvalue weighted by Crippen LogP contribution is 2.27. The van der Waals surface area contributed by atoms with Crippen molar-refractivity contribution in [1.29, 1.82) is 0 Å². The Morgan fingerprint density at radius 3 is 2.59 bits per heavy atom. The van der Waals surface area contributed by atoms with Crippen LogP contribution in [0.3, 0.4) is 0 Å². The Morgan fingerprint density at radius 2 is 1.90 bits per heavy atom. The highest BCUT2D eigenvalue weighted by Gasteiger charge is 2.35. The molecule has 1 N–H and O–H groups in total. The van der Waals surface area contributed by atoms with E-state index in [2.05, 4.69) is 10.4 Å². The Kier molecular flexibility index (Phi) is 5.58. The molecule has 2 amide bonds. The van der Waals surface area contributed by atoms with Gasteiger partial charge in [-0.1, -0.05) is 18.2 Å². The van der Waals surface area contributed by atoms with Crippen molar-refractivity contribution in [3.8, 4) is 0 Å². The molecule has 0 aliphatic carbocycles. The van der Waals surface area contributed by atoms with E-state index in [0.717, 1.165) is 16.6 Å². The number of aromatic nitrogens is 2. The van der Waals surface area contributed by atoms with Crippen LogP contribution in [-0.2, 0) is 26.9 Å². The third-order valence-corrected chi connectivity index (χ3v) is 4.80. The smallest absolute Gasteiger partial charge is 0.410 e. The average Bonchev–Trinajstić information content (AvgIpc) is 2.98. The molecule has 0 bridgehead atoms. The van der Waals surface area contributed by atoms with Gasteiger partial charge in [-0.05, 0) is 40.7 Å². The molecule has 1 saturated heterocycles. The summed E-state index contributed by atoms with van der Waals surface area (Å²) in [6.45, 7) is 10.1. The van der Waals surface area contributed by atoms with Gasteiger partial charge >= 0.3 is 6.09 Å². The minimum absolute atomic E-state index is 0.153. The third kappa shape index (κ3) is 4.70. The largest absolute Gasteiger partial charge is 0.444 e. The van der Waals surface area contributed by atoms with E-state index in [1.807, 2.05) is 65.9 Å². The first-order chi connectivity index (χ1) is 13.5. The van der Waals surface area contributed by atoms with Crippen molar-refractivity contribution in [3.63, 3.8) is 0 Å². The molecular weight excluding hydrogens is 372 g/mol. The van der Waals surface area contributed by atoms with E-state index in [1.165, 1.54) is 4.90 Å². The summed E-state index contributed by atoms with van der Waals surface area (Å²) in [7, 11) is 1.88. The maximum atomic E-state index is 12.9. The predicted molar refractivity (Wildman–Crippen MR) is 109 cm³/mol. The number of nitrogens with zero attached hydrogens (tertiary/aromatic N) is 3. The normalized spacial score (nSPS) is 18.0. The van der Waals surface area contributed by atoms with Crippen molar-refractivity contribution in [2.75, 3.05) is 19.7 Å². The molecule has 2 heterocycles. The van der Waals surface area contributed by atoms with Crippen LogP contribution in [0.5, 0.6) is 0 Å². The number of rotatable bonds is 3. The van der Waals surface area contributed by atoms with Gasteiger partial charge in [0.2, 0.25) is 0 Å². The molecule has 0 unspecified atom stereocenters. The zero-order chi connectivity index (χ0) is 21.4. The Balaban J connectivity index is 1.72. The van der Waals surface area contributed by atoms with Gasteiger partial charge in [0.15, 0.2) is 6.10 Å². The number of para-hydroxylation sites is 1. The molecule has 8 heteroatoms. The lowest BCUT2D eigenvalue weighted by atomic mass is 9.96. The molecule has 2 aromatic rings. The first-order valence-corrected chi connectivity index (χ1v) is 9.82. The number of benzene rings is 1. The molecule has 8 nitrogen and oxygen atoms in total. The van der Waals surface area contributed by atoms with Crippen molar-refractivity contribution in [2.24, 2.45) is 7.05 Å². The van der Waals surface area contributed by atoms with Crippen molar-refractivity contribution in [3.05, 3.63) is 30.0 Å². The standard InChI is InChI=1S/C21H30N4O4/c1-20(2,3)29-19(27)25-11-12-28-16(13-25)18(26)22-21(4,5)17-14-9-7-8-10-15(14)24(6)23-17/h7-10,16H,11-13H2,1-6H3,(H,22,26)/t16-/m0/s1. The van der Waals surface area contributed by atoms with Crippen LogP contribution < -0.4 is 5.32 Å². The second-order valence-electron chi connectivity index (χ2n) is 8.89. The third-order valence-electron chi connectivity index (χ3n) is 4.80. The Labute approximate surface area is 171 Å². The van der Waals surface area contributed by atoms with Crippen LogP contribution in [0.2, 0.25) is 0 Å². The fourth-order valence-corrected chi connectivity index (χ4v) is 3.42. The van der Waals surface area contributed by atoms with Crippen molar-refractivity contribution >= 4 is 22.9 Å².